The van der Waals surface area contributed by atoms with Crippen molar-refractivity contribution in [2.75, 3.05) is 18.2 Å². The molecule has 2 aliphatic rings. The van der Waals surface area contributed by atoms with E-state index in [4.69, 9.17) is 9.47 Å². The second-order valence-electron chi connectivity index (χ2n) is 9.91. The first kappa shape index (κ1) is 24.2. The fraction of sp³-hybridized carbons (Fsp3) is 0.308. The summed E-state index contributed by atoms with van der Waals surface area (Å²) in [5, 5.41) is 10.3. The number of anilines is 1. The van der Waals surface area contributed by atoms with Crippen molar-refractivity contribution in [3.8, 4) is 17.0 Å². The summed E-state index contributed by atoms with van der Waals surface area (Å²) >= 11 is 0. The first-order valence-electron chi connectivity index (χ1n) is 11.9. The third-order valence-electron chi connectivity index (χ3n) is 6.09. The van der Waals surface area contributed by atoms with Crippen molar-refractivity contribution >= 4 is 30.7 Å². The van der Waals surface area contributed by atoms with Crippen LogP contribution in [0.15, 0.2) is 71.8 Å². The zero-order chi connectivity index (χ0) is 25.3. The molecule has 2 aromatic carbocycles. The predicted molar refractivity (Wildman–Crippen MR) is 141 cm³/mol. The number of rotatable bonds is 9. The first-order chi connectivity index (χ1) is 17.3. The highest BCUT2D eigenvalue weighted by molar-refractivity contribution is 6.76. The van der Waals surface area contributed by atoms with E-state index >= 15 is 0 Å². The summed E-state index contributed by atoms with van der Waals surface area (Å²) in [5.41, 5.74) is 1.90. The number of benzene rings is 2. The molecule has 1 aromatic heterocycles. The Balaban J connectivity index is 1.59. The highest BCUT2D eigenvalue weighted by atomic mass is 28.3. The predicted octanol–water partition coefficient (Wildman–Crippen LogP) is 6.09. The van der Waals surface area contributed by atoms with Gasteiger partial charge in [-0.25, -0.2) is 14.7 Å². The molecule has 36 heavy (non-hydrogen) atoms. The SMILES string of the molecule is C[Si](C)(C)CCOCn1ncc(N2CC=C3N=CC=CN32)c1-c1cc2ccccc2cc1OC(F)F. The van der Waals surface area contributed by atoms with Gasteiger partial charge in [0.25, 0.3) is 0 Å². The number of hydrazine groups is 1. The van der Waals surface area contributed by atoms with Gasteiger partial charge >= 0.3 is 6.61 Å². The largest absolute Gasteiger partial charge is 0.434 e. The minimum Gasteiger partial charge on any atom is -0.434 e. The summed E-state index contributed by atoms with van der Waals surface area (Å²) in [5.74, 6) is 0.888. The topological polar surface area (TPSA) is 55.1 Å². The molecule has 188 valence electrons. The first-order valence-corrected chi connectivity index (χ1v) is 15.6. The Hall–Kier alpha value is -3.50. The Labute approximate surface area is 209 Å². The number of aromatic nitrogens is 2. The Bertz CT molecular complexity index is 1350. The summed E-state index contributed by atoms with van der Waals surface area (Å²) in [4.78, 5) is 4.42. The molecule has 5 rings (SSSR count). The molecule has 2 aliphatic heterocycles. The van der Waals surface area contributed by atoms with Gasteiger partial charge in [0.05, 0.1) is 18.4 Å². The quantitative estimate of drug-likeness (QED) is 0.258. The lowest BCUT2D eigenvalue weighted by Crippen LogP contribution is -2.34. The van der Waals surface area contributed by atoms with Gasteiger partial charge in [0.15, 0.2) is 0 Å². The average Bonchev–Trinajstić information content (AvgIpc) is 3.44. The molecular formula is C26H29F2N5O2Si. The van der Waals surface area contributed by atoms with E-state index in [0.717, 1.165) is 28.3 Å². The van der Waals surface area contributed by atoms with Crippen molar-refractivity contribution in [1.82, 2.24) is 14.8 Å². The van der Waals surface area contributed by atoms with Crippen LogP contribution in [0.3, 0.4) is 0 Å². The van der Waals surface area contributed by atoms with Gasteiger partial charge in [0.1, 0.15) is 24.0 Å². The maximum Gasteiger partial charge on any atom is 0.387 e. The van der Waals surface area contributed by atoms with Crippen LogP contribution >= 0.6 is 0 Å². The summed E-state index contributed by atoms with van der Waals surface area (Å²) in [7, 11) is -1.27. The van der Waals surface area contributed by atoms with Crippen LogP contribution in [0.1, 0.15) is 0 Å². The van der Waals surface area contributed by atoms with Gasteiger partial charge in [-0.2, -0.15) is 13.9 Å². The molecule has 3 aromatic rings. The van der Waals surface area contributed by atoms with Gasteiger partial charge in [-0.3, -0.25) is 5.01 Å². The highest BCUT2D eigenvalue weighted by Gasteiger charge is 2.30. The van der Waals surface area contributed by atoms with E-state index in [9.17, 15) is 8.78 Å². The highest BCUT2D eigenvalue weighted by Crippen LogP contribution is 2.42. The molecule has 0 radical (unpaired) electrons. The fourth-order valence-electron chi connectivity index (χ4n) is 4.26. The molecule has 0 fully saturated rings. The molecule has 0 amide bonds. The normalized spacial score (nSPS) is 15.2. The van der Waals surface area contributed by atoms with E-state index in [1.165, 1.54) is 0 Å². The number of fused-ring (bicyclic) bond motifs is 2. The van der Waals surface area contributed by atoms with Crippen molar-refractivity contribution in [2.45, 2.75) is 39.0 Å². The minimum absolute atomic E-state index is 0.0911. The minimum atomic E-state index is -2.96. The van der Waals surface area contributed by atoms with E-state index in [1.54, 1.807) is 23.2 Å². The Kier molecular flexibility index (Phi) is 6.63. The molecule has 0 spiro atoms. The van der Waals surface area contributed by atoms with E-state index in [1.807, 2.05) is 58.7 Å². The number of hydrogen-bond donors (Lipinski definition) is 0. The number of allylic oxidation sites excluding steroid dienone is 1. The van der Waals surface area contributed by atoms with Crippen LogP contribution in [0.2, 0.25) is 25.7 Å². The molecule has 0 N–H and O–H groups in total. The van der Waals surface area contributed by atoms with Crippen molar-refractivity contribution in [2.24, 2.45) is 4.99 Å². The standard InChI is InChI=1S/C26H29F2N5O2Si/c1-36(2,3)14-13-34-18-31-25(22(17-30-31)32-12-9-24-29-10-6-11-33(24)32)21-15-19-7-4-5-8-20(19)16-23(21)35-26(27)28/h4-11,15-17,26H,12-14,18H2,1-3H3. The Morgan fingerprint density at radius 1 is 1.11 bits per heavy atom. The van der Waals surface area contributed by atoms with Crippen molar-refractivity contribution in [3.05, 3.63) is 66.8 Å². The van der Waals surface area contributed by atoms with Gasteiger partial charge in [-0.15, -0.1) is 0 Å². The second kappa shape index (κ2) is 9.86. The fourth-order valence-corrected chi connectivity index (χ4v) is 5.02. The Morgan fingerprint density at radius 2 is 1.89 bits per heavy atom. The summed E-state index contributed by atoms with van der Waals surface area (Å²) in [6, 6.07) is 12.2. The van der Waals surface area contributed by atoms with Gasteiger partial charge < -0.3 is 9.47 Å². The zero-order valence-corrected chi connectivity index (χ0v) is 21.6. The maximum absolute atomic E-state index is 13.5. The Morgan fingerprint density at radius 3 is 2.64 bits per heavy atom. The molecule has 0 saturated carbocycles. The average molecular weight is 510 g/mol. The molecule has 3 heterocycles. The molecule has 7 nitrogen and oxygen atoms in total. The van der Waals surface area contributed by atoms with Crippen molar-refractivity contribution in [1.29, 1.82) is 0 Å². The van der Waals surface area contributed by atoms with E-state index in [-0.39, 0.29) is 12.5 Å². The van der Waals surface area contributed by atoms with Crippen molar-refractivity contribution < 1.29 is 18.3 Å². The second-order valence-corrected chi connectivity index (χ2v) is 15.5. The molecule has 0 bridgehead atoms. The van der Waals surface area contributed by atoms with E-state index in [0.29, 0.717) is 24.4 Å². The monoisotopic (exact) mass is 509 g/mol. The van der Waals surface area contributed by atoms with Crippen LogP contribution in [-0.4, -0.2) is 48.8 Å². The smallest absolute Gasteiger partial charge is 0.387 e. The number of ether oxygens (including phenoxy) is 2. The van der Waals surface area contributed by atoms with Crippen LogP contribution < -0.4 is 9.75 Å². The third kappa shape index (κ3) is 5.05. The molecule has 0 unspecified atom stereocenters. The van der Waals surface area contributed by atoms with Crippen LogP contribution in [0.4, 0.5) is 14.5 Å². The van der Waals surface area contributed by atoms with E-state index in [2.05, 4.69) is 29.7 Å². The molecule has 0 atom stereocenters. The van der Waals surface area contributed by atoms with E-state index < -0.39 is 14.7 Å². The van der Waals surface area contributed by atoms with Gasteiger partial charge in [-0.05, 0) is 41.1 Å². The van der Waals surface area contributed by atoms with Crippen LogP contribution in [0, 0.1) is 0 Å². The van der Waals surface area contributed by atoms with Crippen molar-refractivity contribution in [3.63, 3.8) is 0 Å². The summed E-state index contributed by atoms with van der Waals surface area (Å²) in [6.07, 6.45) is 9.24. The van der Waals surface area contributed by atoms with Gasteiger partial charge in [0, 0.05) is 32.7 Å². The lowest BCUT2D eigenvalue weighted by molar-refractivity contribution is -0.0494. The molecular weight excluding hydrogens is 480 g/mol. The summed E-state index contributed by atoms with van der Waals surface area (Å²) < 4.78 is 39.8. The number of alkyl halides is 2. The molecule has 10 heteroatoms. The maximum atomic E-state index is 13.5. The number of nitrogens with zero attached hydrogens (tertiary/aromatic N) is 5. The lowest BCUT2D eigenvalue weighted by atomic mass is 10.0. The lowest BCUT2D eigenvalue weighted by Gasteiger charge is -2.30. The number of halogens is 2. The van der Waals surface area contributed by atoms with Crippen LogP contribution in [0.5, 0.6) is 5.75 Å². The zero-order valence-electron chi connectivity index (χ0n) is 20.6. The van der Waals surface area contributed by atoms with Crippen LogP contribution in [0.25, 0.3) is 22.0 Å². The number of aliphatic imine (C=N–C) groups is 1. The summed E-state index contributed by atoms with van der Waals surface area (Å²) in [6.45, 7) is 5.29. The van der Waals surface area contributed by atoms with Gasteiger partial charge in [0.2, 0.25) is 0 Å². The third-order valence-corrected chi connectivity index (χ3v) is 7.79. The molecule has 0 aliphatic carbocycles. The van der Waals surface area contributed by atoms with Crippen LogP contribution in [-0.2, 0) is 11.5 Å². The number of hydrogen-bond acceptors (Lipinski definition) is 6. The molecule has 0 saturated heterocycles. The van der Waals surface area contributed by atoms with Gasteiger partial charge in [-0.1, -0.05) is 43.9 Å².